The minimum Gasteiger partial charge on any atom is -0.478 e. The number of carboxylic acid groups (broad SMARTS) is 2. The molecule has 3 heterocycles. The van der Waals surface area contributed by atoms with Gasteiger partial charge in [0.1, 0.15) is 5.76 Å². The Kier molecular flexibility index (Phi) is 8.77. The van der Waals surface area contributed by atoms with E-state index in [2.05, 4.69) is 47.0 Å². The van der Waals surface area contributed by atoms with Gasteiger partial charge in [0, 0.05) is 59.9 Å². The molecule has 1 aliphatic heterocycles. The van der Waals surface area contributed by atoms with E-state index in [1.165, 1.54) is 28.1 Å². The number of carbonyl (C=O) groups is 2. The molecule has 0 atom stereocenters. The summed E-state index contributed by atoms with van der Waals surface area (Å²) >= 11 is 1.89. The molecule has 0 saturated carbocycles. The minimum atomic E-state index is -1.26. The fourth-order valence-electron chi connectivity index (χ4n) is 3.50. The van der Waals surface area contributed by atoms with E-state index < -0.39 is 11.9 Å². The number of para-hydroxylation sites is 1. The third-order valence-electron chi connectivity index (χ3n) is 5.00. The van der Waals surface area contributed by atoms with E-state index in [1.54, 1.807) is 6.26 Å². The number of thioether (sulfide) groups is 1. The molecular formula is C24H27N3O5S. The summed E-state index contributed by atoms with van der Waals surface area (Å²) in [5.41, 5.74) is 1.25. The zero-order valence-electron chi connectivity index (χ0n) is 18.4. The molecule has 174 valence electrons. The average Bonchev–Trinajstić information content (AvgIpc) is 3.53. The van der Waals surface area contributed by atoms with Crippen molar-refractivity contribution >= 4 is 40.4 Å². The Balaban J connectivity index is 0.000000331. The van der Waals surface area contributed by atoms with Crippen molar-refractivity contribution < 1.29 is 24.2 Å². The van der Waals surface area contributed by atoms with Gasteiger partial charge in [-0.25, -0.2) is 9.59 Å². The van der Waals surface area contributed by atoms with E-state index in [-0.39, 0.29) is 0 Å². The van der Waals surface area contributed by atoms with Crippen LogP contribution >= 0.6 is 11.8 Å². The summed E-state index contributed by atoms with van der Waals surface area (Å²) in [6.45, 7) is 2.79. The molecule has 1 saturated heterocycles. The van der Waals surface area contributed by atoms with Crippen molar-refractivity contribution in [2.24, 2.45) is 4.99 Å². The number of carboxylic acids is 2. The van der Waals surface area contributed by atoms with Gasteiger partial charge in [0.2, 0.25) is 0 Å². The molecule has 0 amide bonds. The van der Waals surface area contributed by atoms with Crippen molar-refractivity contribution in [3.63, 3.8) is 0 Å². The van der Waals surface area contributed by atoms with Gasteiger partial charge >= 0.3 is 11.9 Å². The average molecular weight is 470 g/mol. The number of rotatable bonds is 8. The molecule has 0 unspecified atom stereocenters. The highest BCUT2D eigenvalue weighted by Crippen LogP contribution is 2.30. The largest absolute Gasteiger partial charge is 0.478 e. The van der Waals surface area contributed by atoms with Crippen LogP contribution in [0.15, 0.2) is 75.3 Å². The lowest BCUT2D eigenvalue weighted by Gasteiger charge is -2.10. The van der Waals surface area contributed by atoms with E-state index in [4.69, 9.17) is 19.6 Å². The smallest absolute Gasteiger partial charge is 0.328 e. The Labute approximate surface area is 196 Å². The number of benzene rings is 1. The number of aliphatic carboxylic acids is 2. The van der Waals surface area contributed by atoms with E-state index in [1.807, 2.05) is 23.9 Å². The third kappa shape index (κ3) is 7.28. The number of amidine groups is 1. The number of hydrogen-bond donors (Lipinski definition) is 2. The number of likely N-dealkylation sites (tertiary alicyclic amines) is 1. The second-order valence-corrected chi connectivity index (χ2v) is 8.54. The molecule has 0 aliphatic carbocycles. The lowest BCUT2D eigenvalue weighted by Crippen LogP contribution is -2.19. The van der Waals surface area contributed by atoms with Crippen molar-refractivity contribution in [2.45, 2.75) is 24.3 Å². The highest BCUT2D eigenvalue weighted by Gasteiger charge is 2.13. The molecule has 0 spiro atoms. The molecule has 2 N–H and O–H groups in total. The van der Waals surface area contributed by atoms with Crippen LogP contribution in [0.2, 0.25) is 0 Å². The normalized spacial score (nSPS) is 14.7. The third-order valence-corrected chi connectivity index (χ3v) is 6.03. The highest BCUT2D eigenvalue weighted by atomic mass is 32.2. The molecule has 33 heavy (non-hydrogen) atoms. The first kappa shape index (κ1) is 24.2. The maximum atomic E-state index is 9.55. The van der Waals surface area contributed by atoms with Crippen molar-refractivity contribution in [2.75, 3.05) is 25.9 Å². The van der Waals surface area contributed by atoms with E-state index in [0.717, 1.165) is 37.6 Å². The number of nitrogens with zero attached hydrogens (tertiary/aromatic N) is 3. The molecule has 2 aromatic heterocycles. The van der Waals surface area contributed by atoms with Gasteiger partial charge in [-0.2, -0.15) is 0 Å². The Morgan fingerprint density at radius 1 is 1.15 bits per heavy atom. The molecule has 8 nitrogen and oxygen atoms in total. The van der Waals surface area contributed by atoms with Crippen molar-refractivity contribution in [1.29, 1.82) is 0 Å². The predicted molar refractivity (Wildman–Crippen MR) is 129 cm³/mol. The van der Waals surface area contributed by atoms with Crippen molar-refractivity contribution in [3.05, 3.63) is 66.8 Å². The molecular weight excluding hydrogens is 442 g/mol. The number of aliphatic imine (C=N–C) groups is 1. The van der Waals surface area contributed by atoms with Crippen LogP contribution in [-0.4, -0.2) is 63.3 Å². The van der Waals surface area contributed by atoms with Gasteiger partial charge in [-0.15, -0.1) is 11.8 Å². The lowest BCUT2D eigenvalue weighted by molar-refractivity contribution is -0.134. The fourth-order valence-corrected chi connectivity index (χ4v) is 4.43. The number of furan rings is 1. The topological polar surface area (TPSA) is 108 Å². The van der Waals surface area contributed by atoms with Gasteiger partial charge < -0.3 is 24.1 Å². The van der Waals surface area contributed by atoms with Crippen molar-refractivity contribution in [3.8, 4) is 0 Å². The van der Waals surface area contributed by atoms with Crippen LogP contribution in [0.4, 0.5) is 0 Å². The molecule has 0 bridgehead atoms. The van der Waals surface area contributed by atoms with E-state index in [9.17, 15) is 9.59 Å². The quantitative estimate of drug-likeness (QED) is 0.289. The van der Waals surface area contributed by atoms with Crippen LogP contribution < -0.4 is 0 Å². The molecule has 1 fully saturated rings. The number of aromatic nitrogens is 1. The summed E-state index contributed by atoms with van der Waals surface area (Å²) < 4.78 is 7.78. The molecule has 9 heteroatoms. The van der Waals surface area contributed by atoms with Crippen LogP contribution in [0.25, 0.3) is 10.9 Å². The van der Waals surface area contributed by atoms with Crippen LogP contribution in [0.1, 0.15) is 18.6 Å². The zero-order chi connectivity index (χ0) is 23.6. The van der Waals surface area contributed by atoms with Crippen molar-refractivity contribution in [1.82, 2.24) is 9.47 Å². The second kappa shape index (κ2) is 12.0. The summed E-state index contributed by atoms with van der Waals surface area (Å²) in [4.78, 5) is 27.5. The van der Waals surface area contributed by atoms with Gasteiger partial charge in [0.25, 0.3) is 0 Å². The van der Waals surface area contributed by atoms with Crippen LogP contribution in [-0.2, 0) is 16.1 Å². The first-order valence-corrected chi connectivity index (χ1v) is 11.5. The zero-order valence-corrected chi connectivity index (χ0v) is 19.2. The van der Waals surface area contributed by atoms with Gasteiger partial charge in [-0.1, -0.05) is 18.2 Å². The number of hydrogen-bond acceptors (Lipinski definition) is 5. The molecule has 1 aromatic carbocycles. The predicted octanol–water partition coefficient (Wildman–Crippen LogP) is 4.21. The van der Waals surface area contributed by atoms with Gasteiger partial charge in [0.05, 0.1) is 25.2 Å². The van der Waals surface area contributed by atoms with Gasteiger partial charge in [0.15, 0.2) is 0 Å². The SMILES string of the molecule is CN1CCC/C1=N\CCSc1cn(Cc2ccco2)c2ccccc12.O=C(O)/C=C/C(=O)O. The van der Waals surface area contributed by atoms with Gasteiger partial charge in [-0.05, 0) is 24.6 Å². The van der Waals surface area contributed by atoms with Gasteiger partial charge in [-0.3, -0.25) is 4.99 Å². The first-order chi connectivity index (χ1) is 15.9. The molecule has 1 aliphatic rings. The minimum absolute atomic E-state index is 0.558. The molecule has 3 aromatic rings. The van der Waals surface area contributed by atoms with Crippen LogP contribution in [0.5, 0.6) is 0 Å². The first-order valence-electron chi connectivity index (χ1n) is 10.6. The summed E-state index contributed by atoms with van der Waals surface area (Å²) in [6.07, 6.45) is 7.46. The lowest BCUT2D eigenvalue weighted by atomic mass is 10.2. The Hall–Kier alpha value is -3.46. The van der Waals surface area contributed by atoms with E-state index >= 15 is 0 Å². The Bertz CT molecular complexity index is 1120. The summed E-state index contributed by atoms with van der Waals surface area (Å²) in [7, 11) is 2.14. The summed E-state index contributed by atoms with van der Waals surface area (Å²) in [5.74, 6) is 0.736. The molecule has 4 rings (SSSR count). The monoisotopic (exact) mass is 469 g/mol. The highest BCUT2D eigenvalue weighted by molar-refractivity contribution is 7.99. The number of fused-ring (bicyclic) bond motifs is 1. The second-order valence-electron chi connectivity index (χ2n) is 7.40. The Morgan fingerprint density at radius 2 is 1.91 bits per heavy atom. The van der Waals surface area contributed by atoms with Crippen LogP contribution in [0.3, 0.4) is 0 Å². The molecule has 0 radical (unpaired) electrons. The fraction of sp³-hybridized carbons (Fsp3) is 0.292. The Morgan fingerprint density at radius 3 is 2.55 bits per heavy atom. The standard InChI is InChI=1S/C20H23N3OS.C4H4O4/c1-22-11-4-9-20(22)21-10-13-25-19-15-23(14-16-6-5-12-24-16)18-8-3-2-7-17(18)19;5-3(6)1-2-4(7)8/h2-3,5-8,12,15H,4,9-11,13-14H2,1H3;1-2H,(H,5,6)(H,7,8)/b21-20+;2-1+. The maximum Gasteiger partial charge on any atom is 0.328 e. The van der Waals surface area contributed by atoms with Crippen LogP contribution in [0, 0.1) is 0 Å². The van der Waals surface area contributed by atoms with E-state index in [0.29, 0.717) is 12.2 Å². The summed E-state index contributed by atoms with van der Waals surface area (Å²) in [6, 6.07) is 12.5. The summed E-state index contributed by atoms with van der Waals surface area (Å²) in [5, 5.41) is 16.9. The maximum absolute atomic E-state index is 9.55.